The van der Waals surface area contributed by atoms with Crippen LogP contribution >= 0.6 is 0 Å². The first-order chi connectivity index (χ1) is 25.8. The number of fused-ring (bicyclic) bond motifs is 7. The largest absolute Gasteiger partial charge is 0.309 e. The van der Waals surface area contributed by atoms with Gasteiger partial charge >= 0.3 is 0 Å². The lowest BCUT2D eigenvalue weighted by atomic mass is 9.89. The first-order valence-electron chi connectivity index (χ1n) is 17.6. The average molecular weight is 664 g/mol. The van der Waals surface area contributed by atoms with Crippen molar-refractivity contribution in [1.29, 1.82) is 0 Å². The Balaban J connectivity index is 1.25. The maximum atomic E-state index is 5.45. The minimum atomic E-state index is 0.576. The van der Waals surface area contributed by atoms with Gasteiger partial charge < -0.3 is 4.57 Å². The topological polar surface area (TPSA) is 46.8 Å². The molecule has 0 amide bonds. The van der Waals surface area contributed by atoms with E-state index in [0.717, 1.165) is 66.3 Å². The molecule has 5 heteroatoms. The van der Waals surface area contributed by atoms with Crippen molar-refractivity contribution < 1.29 is 0 Å². The van der Waals surface area contributed by atoms with E-state index in [4.69, 9.17) is 15.0 Å². The van der Waals surface area contributed by atoms with Crippen LogP contribution < -0.4 is 4.90 Å². The van der Waals surface area contributed by atoms with Crippen LogP contribution in [0.5, 0.6) is 0 Å². The lowest BCUT2D eigenvalue weighted by molar-refractivity contribution is 1.03. The molecule has 11 rings (SSSR count). The molecule has 0 saturated heterocycles. The molecule has 2 aromatic heterocycles. The van der Waals surface area contributed by atoms with E-state index in [2.05, 4.69) is 167 Å². The number of nitrogens with zero attached hydrogens (tertiary/aromatic N) is 5. The van der Waals surface area contributed by atoms with E-state index in [1.165, 1.54) is 16.3 Å². The van der Waals surface area contributed by atoms with E-state index < -0.39 is 0 Å². The summed E-state index contributed by atoms with van der Waals surface area (Å²) >= 11 is 0. The Morgan fingerprint density at radius 2 is 1.04 bits per heavy atom. The molecular weight excluding hydrogens is 635 g/mol. The van der Waals surface area contributed by atoms with Crippen LogP contribution in [0.25, 0.3) is 82.9 Å². The maximum Gasteiger partial charge on any atom is 0.238 e. The Bertz CT molecular complexity index is 3020. The third-order valence-corrected chi connectivity index (χ3v) is 10.3. The molecule has 0 N–H and O–H groups in total. The predicted molar refractivity (Wildman–Crippen MR) is 214 cm³/mol. The van der Waals surface area contributed by atoms with Crippen LogP contribution in [-0.2, 0) is 0 Å². The van der Waals surface area contributed by atoms with Gasteiger partial charge in [-0.3, -0.25) is 4.90 Å². The van der Waals surface area contributed by atoms with Crippen LogP contribution in [0.3, 0.4) is 0 Å². The number of para-hydroxylation sites is 2. The molecule has 0 aliphatic carbocycles. The minimum absolute atomic E-state index is 0.576. The molecule has 0 fully saturated rings. The quantitative estimate of drug-likeness (QED) is 0.188. The average Bonchev–Trinajstić information content (AvgIpc) is 3.56. The zero-order chi connectivity index (χ0) is 34.2. The highest BCUT2D eigenvalue weighted by atomic mass is 15.3. The van der Waals surface area contributed by atoms with Gasteiger partial charge in [0.15, 0.2) is 11.6 Å². The van der Waals surface area contributed by atoms with Crippen molar-refractivity contribution in [2.24, 2.45) is 0 Å². The number of benzene rings is 8. The Labute approximate surface area is 299 Å². The van der Waals surface area contributed by atoms with E-state index in [0.29, 0.717) is 17.6 Å². The maximum absolute atomic E-state index is 5.45. The molecule has 1 aliphatic heterocycles. The van der Waals surface area contributed by atoms with Gasteiger partial charge in [-0.25, -0.2) is 4.98 Å². The van der Waals surface area contributed by atoms with Gasteiger partial charge in [0.25, 0.3) is 0 Å². The van der Waals surface area contributed by atoms with E-state index in [9.17, 15) is 0 Å². The van der Waals surface area contributed by atoms with Gasteiger partial charge in [-0.1, -0.05) is 146 Å². The second-order valence-electron chi connectivity index (χ2n) is 13.2. The third kappa shape index (κ3) is 4.20. The van der Waals surface area contributed by atoms with Crippen molar-refractivity contribution in [3.8, 4) is 39.6 Å². The summed E-state index contributed by atoms with van der Waals surface area (Å²) in [7, 11) is 0. The second-order valence-corrected chi connectivity index (χ2v) is 13.2. The molecular formula is C47H29N5. The second kappa shape index (κ2) is 11.2. The van der Waals surface area contributed by atoms with Gasteiger partial charge in [-0.15, -0.1) is 0 Å². The zero-order valence-corrected chi connectivity index (χ0v) is 28.0. The molecule has 242 valence electrons. The van der Waals surface area contributed by atoms with Crippen molar-refractivity contribution in [2.45, 2.75) is 0 Å². The summed E-state index contributed by atoms with van der Waals surface area (Å²) in [5, 5.41) is 6.92. The molecule has 52 heavy (non-hydrogen) atoms. The molecule has 0 atom stereocenters. The molecule has 8 aromatic carbocycles. The summed E-state index contributed by atoms with van der Waals surface area (Å²) in [6.07, 6.45) is 0. The van der Waals surface area contributed by atoms with Crippen molar-refractivity contribution in [1.82, 2.24) is 19.5 Å². The van der Waals surface area contributed by atoms with E-state index >= 15 is 0 Å². The fourth-order valence-corrected chi connectivity index (χ4v) is 8.14. The van der Waals surface area contributed by atoms with Crippen LogP contribution in [0.2, 0.25) is 0 Å². The smallest absolute Gasteiger partial charge is 0.238 e. The fraction of sp³-hybridized carbons (Fsp3) is 0. The van der Waals surface area contributed by atoms with Crippen LogP contribution in [0, 0.1) is 0 Å². The highest BCUT2D eigenvalue weighted by Gasteiger charge is 2.30. The molecule has 10 aromatic rings. The van der Waals surface area contributed by atoms with Gasteiger partial charge in [-0.05, 0) is 46.7 Å². The molecule has 0 bridgehead atoms. The highest BCUT2D eigenvalue weighted by Crippen LogP contribution is 2.53. The van der Waals surface area contributed by atoms with Crippen molar-refractivity contribution in [3.05, 3.63) is 176 Å². The van der Waals surface area contributed by atoms with Gasteiger partial charge in [0.1, 0.15) is 0 Å². The molecule has 5 nitrogen and oxygen atoms in total. The van der Waals surface area contributed by atoms with Crippen molar-refractivity contribution in [2.75, 3.05) is 4.90 Å². The number of aromatic nitrogens is 4. The minimum Gasteiger partial charge on any atom is -0.309 e. The lowest BCUT2D eigenvalue weighted by Crippen LogP contribution is -2.19. The number of hydrogen-bond acceptors (Lipinski definition) is 4. The normalized spacial score (nSPS) is 12.2. The first-order valence-corrected chi connectivity index (χ1v) is 17.6. The predicted octanol–water partition coefficient (Wildman–Crippen LogP) is 12.1. The number of anilines is 3. The summed E-state index contributed by atoms with van der Waals surface area (Å²) in [6, 6.07) is 61.9. The summed E-state index contributed by atoms with van der Waals surface area (Å²) in [4.78, 5) is 18.3. The lowest BCUT2D eigenvalue weighted by Gasteiger charge is -2.33. The monoisotopic (exact) mass is 663 g/mol. The van der Waals surface area contributed by atoms with Crippen LogP contribution in [0.15, 0.2) is 176 Å². The van der Waals surface area contributed by atoms with E-state index in [-0.39, 0.29) is 0 Å². The molecule has 0 unspecified atom stereocenters. The Morgan fingerprint density at radius 3 is 1.90 bits per heavy atom. The summed E-state index contributed by atoms with van der Waals surface area (Å²) in [5.41, 5.74) is 9.70. The Hall–Kier alpha value is -7.11. The van der Waals surface area contributed by atoms with Gasteiger partial charge in [-0.2, -0.15) is 9.97 Å². The molecule has 1 aliphatic rings. The van der Waals surface area contributed by atoms with Gasteiger partial charge in [0.05, 0.1) is 22.4 Å². The molecule has 3 heterocycles. The molecule has 0 radical (unpaired) electrons. The van der Waals surface area contributed by atoms with Crippen LogP contribution in [-0.4, -0.2) is 19.5 Å². The van der Waals surface area contributed by atoms with Gasteiger partial charge in [0.2, 0.25) is 5.95 Å². The number of hydrogen-bond donors (Lipinski definition) is 0. The van der Waals surface area contributed by atoms with Crippen LogP contribution in [0.4, 0.5) is 17.3 Å². The van der Waals surface area contributed by atoms with E-state index in [1.54, 1.807) is 0 Å². The SMILES string of the molecule is c1ccc(-c2nc(-c3cccc4c3c3ccccc3n4-c3ccccc3)nc(N3c4c(ccc5ccccc45)-c4cccc5cccc3c45)n2)cc1. The zero-order valence-electron chi connectivity index (χ0n) is 28.0. The molecule has 0 spiro atoms. The number of rotatable bonds is 4. The summed E-state index contributed by atoms with van der Waals surface area (Å²) in [5.74, 6) is 1.82. The third-order valence-electron chi connectivity index (χ3n) is 10.3. The highest BCUT2D eigenvalue weighted by molar-refractivity contribution is 6.19. The van der Waals surface area contributed by atoms with Crippen molar-refractivity contribution >= 4 is 60.7 Å². The summed E-state index contributed by atoms with van der Waals surface area (Å²) < 4.78 is 2.33. The van der Waals surface area contributed by atoms with Crippen LogP contribution in [0.1, 0.15) is 0 Å². The van der Waals surface area contributed by atoms with Gasteiger partial charge in [0, 0.05) is 43.9 Å². The Kier molecular flexibility index (Phi) is 6.18. The van der Waals surface area contributed by atoms with Crippen molar-refractivity contribution in [3.63, 3.8) is 0 Å². The fourth-order valence-electron chi connectivity index (χ4n) is 8.14. The van der Waals surface area contributed by atoms with E-state index in [1.807, 2.05) is 18.2 Å². The first kappa shape index (κ1) is 28.7. The molecule has 0 saturated carbocycles. The standard InChI is InChI=1S/C47H29N5/c1-3-15-32(16-4-1)45-48-46(38-24-13-27-41-43(38)37-22-9-10-25-39(37)51(41)33-19-5-2-6-20-33)50-47(49-45)52-40-26-12-18-31-17-11-23-35(42(31)40)36-29-28-30-14-7-8-21-34(30)44(36)52/h1-29H. The summed E-state index contributed by atoms with van der Waals surface area (Å²) in [6.45, 7) is 0. The Morgan fingerprint density at radius 1 is 0.385 bits per heavy atom.